The molecule has 0 amide bonds. The standard InChI is InChI=1S/C14H26O2/c1-7-10(5)13(15)12(9(3)4)14(16)11(6)8-2/h9-12H,7-8H2,1-6H3. The highest BCUT2D eigenvalue weighted by molar-refractivity contribution is 6.04. The normalized spacial score (nSPS) is 16.9. The molecule has 0 saturated carbocycles. The van der Waals surface area contributed by atoms with Crippen LogP contribution in [0.4, 0.5) is 0 Å². The first-order valence-corrected chi connectivity index (χ1v) is 6.44. The van der Waals surface area contributed by atoms with Gasteiger partial charge in [0.25, 0.3) is 0 Å². The zero-order valence-corrected chi connectivity index (χ0v) is 11.5. The lowest BCUT2D eigenvalue weighted by atomic mass is 9.78. The van der Waals surface area contributed by atoms with Crippen LogP contribution in [0.25, 0.3) is 0 Å². The van der Waals surface area contributed by atoms with Gasteiger partial charge in [0.1, 0.15) is 11.6 Å². The average Bonchev–Trinajstić information content (AvgIpc) is 2.26. The van der Waals surface area contributed by atoms with Gasteiger partial charge in [-0.3, -0.25) is 9.59 Å². The van der Waals surface area contributed by atoms with Crippen molar-refractivity contribution in [2.75, 3.05) is 0 Å². The lowest BCUT2D eigenvalue weighted by Gasteiger charge is -2.23. The molecular formula is C14H26O2. The monoisotopic (exact) mass is 226 g/mol. The van der Waals surface area contributed by atoms with Crippen LogP contribution in [0.5, 0.6) is 0 Å². The quantitative estimate of drug-likeness (QED) is 0.623. The maximum atomic E-state index is 12.2. The summed E-state index contributed by atoms with van der Waals surface area (Å²) in [6.07, 6.45) is 1.63. The predicted molar refractivity (Wildman–Crippen MR) is 67.3 cm³/mol. The molecule has 0 saturated heterocycles. The maximum Gasteiger partial charge on any atom is 0.146 e. The molecule has 0 bridgehead atoms. The second-order valence-corrected chi connectivity index (χ2v) is 5.15. The third-order valence-electron chi connectivity index (χ3n) is 3.48. The molecule has 0 aliphatic carbocycles. The fourth-order valence-corrected chi connectivity index (χ4v) is 1.81. The second-order valence-electron chi connectivity index (χ2n) is 5.15. The molecule has 2 atom stereocenters. The number of hydrogen-bond acceptors (Lipinski definition) is 2. The van der Waals surface area contributed by atoms with Crippen LogP contribution in [-0.2, 0) is 9.59 Å². The van der Waals surface area contributed by atoms with E-state index in [1.807, 2.05) is 41.5 Å². The molecule has 0 heterocycles. The van der Waals surface area contributed by atoms with Crippen molar-refractivity contribution < 1.29 is 9.59 Å². The molecule has 0 aliphatic rings. The molecule has 0 N–H and O–H groups in total. The van der Waals surface area contributed by atoms with Crippen LogP contribution in [0.2, 0.25) is 0 Å². The van der Waals surface area contributed by atoms with Crippen LogP contribution in [0.15, 0.2) is 0 Å². The van der Waals surface area contributed by atoms with Crippen molar-refractivity contribution >= 4 is 11.6 Å². The maximum absolute atomic E-state index is 12.2. The third-order valence-corrected chi connectivity index (χ3v) is 3.48. The summed E-state index contributed by atoms with van der Waals surface area (Å²) in [6.45, 7) is 11.8. The van der Waals surface area contributed by atoms with Gasteiger partial charge in [-0.1, -0.05) is 41.5 Å². The highest BCUT2D eigenvalue weighted by Gasteiger charge is 2.33. The van der Waals surface area contributed by atoms with Crippen LogP contribution >= 0.6 is 0 Å². The molecule has 0 aromatic rings. The van der Waals surface area contributed by atoms with Crippen molar-refractivity contribution in [3.63, 3.8) is 0 Å². The fraction of sp³-hybridized carbons (Fsp3) is 0.857. The van der Waals surface area contributed by atoms with E-state index in [0.29, 0.717) is 0 Å². The van der Waals surface area contributed by atoms with Gasteiger partial charge in [0, 0.05) is 11.8 Å². The third kappa shape index (κ3) is 3.73. The Hall–Kier alpha value is -0.660. The summed E-state index contributed by atoms with van der Waals surface area (Å²) in [4.78, 5) is 24.3. The van der Waals surface area contributed by atoms with E-state index in [1.54, 1.807) is 0 Å². The van der Waals surface area contributed by atoms with E-state index in [1.165, 1.54) is 0 Å². The van der Waals surface area contributed by atoms with Gasteiger partial charge in [-0.2, -0.15) is 0 Å². The van der Waals surface area contributed by atoms with Crippen LogP contribution in [0.3, 0.4) is 0 Å². The van der Waals surface area contributed by atoms with Gasteiger partial charge in [0.2, 0.25) is 0 Å². The lowest BCUT2D eigenvalue weighted by Crippen LogP contribution is -2.35. The Morgan fingerprint density at radius 2 is 1.12 bits per heavy atom. The Kier molecular flexibility index (Phi) is 6.54. The van der Waals surface area contributed by atoms with Gasteiger partial charge in [-0.25, -0.2) is 0 Å². The molecule has 2 heteroatoms. The van der Waals surface area contributed by atoms with E-state index in [9.17, 15) is 9.59 Å². The molecule has 94 valence electrons. The summed E-state index contributed by atoms with van der Waals surface area (Å²) >= 11 is 0. The molecule has 0 aromatic heterocycles. The molecule has 0 fully saturated rings. The Balaban J connectivity index is 4.88. The van der Waals surface area contributed by atoms with Crippen molar-refractivity contribution in [1.29, 1.82) is 0 Å². The number of rotatable bonds is 7. The van der Waals surface area contributed by atoms with Crippen LogP contribution in [0, 0.1) is 23.7 Å². The van der Waals surface area contributed by atoms with Crippen molar-refractivity contribution in [3.05, 3.63) is 0 Å². The van der Waals surface area contributed by atoms with Gasteiger partial charge < -0.3 is 0 Å². The van der Waals surface area contributed by atoms with E-state index in [4.69, 9.17) is 0 Å². The summed E-state index contributed by atoms with van der Waals surface area (Å²) in [6, 6.07) is 0. The summed E-state index contributed by atoms with van der Waals surface area (Å²) in [5.74, 6) is -0.0284. The first-order valence-electron chi connectivity index (χ1n) is 6.44. The molecule has 0 radical (unpaired) electrons. The molecular weight excluding hydrogens is 200 g/mol. The fourth-order valence-electron chi connectivity index (χ4n) is 1.81. The number of Topliss-reactive ketones (excluding diaryl/α,β-unsaturated/α-hetero) is 2. The first-order chi connectivity index (χ1) is 7.36. The Morgan fingerprint density at radius 1 is 0.812 bits per heavy atom. The van der Waals surface area contributed by atoms with Crippen LogP contribution in [-0.4, -0.2) is 11.6 Å². The van der Waals surface area contributed by atoms with Crippen molar-refractivity contribution in [2.24, 2.45) is 23.7 Å². The minimum atomic E-state index is -0.398. The average molecular weight is 226 g/mol. The summed E-state index contributed by atoms with van der Waals surface area (Å²) in [5.41, 5.74) is 0. The zero-order chi connectivity index (χ0) is 12.9. The Bertz CT molecular complexity index is 221. The number of hydrogen-bond donors (Lipinski definition) is 0. The lowest BCUT2D eigenvalue weighted by molar-refractivity contribution is -0.138. The summed E-state index contributed by atoms with van der Waals surface area (Å²) in [7, 11) is 0. The SMILES string of the molecule is CCC(C)C(=O)C(C(=O)C(C)CC)C(C)C. The molecule has 0 rings (SSSR count). The summed E-state index contributed by atoms with van der Waals surface area (Å²) < 4.78 is 0. The molecule has 0 aliphatic heterocycles. The van der Waals surface area contributed by atoms with E-state index in [2.05, 4.69) is 0 Å². The Morgan fingerprint density at radius 3 is 1.31 bits per heavy atom. The van der Waals surface area contributed by atoms with Gasteiger partial charge >= 0.3 is 0 Å². The zero-order valence-electron chi connectivity index (χ0n) is 11.5. The van der Waals surface area contributed by atoms with Gasteiger partial charge in [0.15, 0.2) is 0 Å². The van der Waals surface area contributed by atoms with Crippen molar-refractivity contribution in [2.45, 2.75) is 54.4 Å². The number of ketones is 2. The van der Waals surface area contributed by atoms with Gasteiger partial charge in [-0.05, 0) is 18.8 Å². The second kappa shape index (κ2) is 6.82. The highest BCUT2D eigenvalue weighted by Crippen LogP contribution is 2.23. The molecule has 0 spiro atoms. The van der Waals surface area contributed by atoms with E-state index in [0.717, 1.165) is 12.8 Å². The highest BCUT2D eigenvalue weighted by atomic mass is 16.2. The molecule has 2 nitrogen and oxygen atoms in total. The first kappa shape index (κ1) is 15.3. The predicted octanol–water partition coefficient (Wildman–Crippen LogP) is 3.49. The van der Waals surface area contributed by atoms with E-state index >= 15 is 0 Å². The van der Waals surface area contributed by atoms with Crippen LogP contribution in [0.1, 0.15) is 54.4 Å². The van der Waals surface area contributed by atoms with E-state index < -0.39 is 5.92 Å². The van der Waals surface area contributed by atoms with Crippen molar-refractivity contribution in [1.82, 2.24) is 0 Å². The smallest absolute Gasteiger partial charge is 0.146 e. The Labute approximate surface area is 99.8 Å². The van der Waals surface area contributed by atoms with E-state index in [-0.39, 0.29) is 29.3 Å². The van der Waals surface area contributed by atoms with Crippen LogP contribution < -0.4 is 0 Å². The minimum Gasteiger partial charge on any atom is -0.299 e. The molecule has 0 aromatic carbocycles. The van der Waals surface area contributed by atoms with Gasteiger partial charge in [-0.15, -0.1) is 0 Å². The van der Waals surface area contributed by atoms with Crippen molar-refractivity contribution in [3.8, 4) is 0 Å². The number of carbonyl (C=O) groups is 2. The molecule has 16 heavy (non-hydrogen) atoms. The summed E-state index contributed by atoms with van der Waals surface area (Å²) in [5, 5.41) is 0. The number of carbonyl (C=O) groups excluding carboxylic acids is 2. The largest absolute Gasteiger partial charge is 0.299 e. The van der Waals surface area contributed by atoms with Gasteiger partial charge in [0.05, 0.1) is 5.92 Å². The minimum absolute atomic E-state index is 0.000376. The topological polar surface area (TPSA) is 34.1 Å². The molecule has 2 unspecified atom stereocenters.